The Morgan fingerprint density at radius 3 is 2.25 bits per heavy atom. The summed E-state index contributed by atoms with van der Waals surface area (Å²) in [5.41, 5.74) is 6.42. The third-order valence-corrected chi connectivity index (χ3v) is 5.80. The minimum atomic E-state index is -0.689. The molecule has 0 atom stereocenters. The number of esters is 1. The van der Waals surface area contributed by atoms with Gasteiger partial charge in [-0.05, 0) is 74.3 Å². The quantitative estimate of drug-likeness (QED) is 0.116. The Bertz CT molecular complexity index is 1190. The topological polar surface area (TPSA) is 122 Å². The van der Waals surface area contributed by atoms with E-state index in [1.54, 1.807) is 0 Å². The molecule has 3 rings (SSSR count). The van der Waals surface area contributed by atoms with Crippen molar-refractivity contribution in [3.8, 4) is 11.5 Å². The van der Waals surface area contributed by atoms with Gasteiger partial charge in [-0.15, -0.1) is 0 Å². The van der Waals surface area contributed by atoms with E-state index in [-0.39, 0.29) is 33.3 Å². The molecule has 8 nitrogen and oxygen atoms in total. The first-order chi connectivity index (χ1) is 15.2. The number of halogens is 3. The van der Waals surface area contributed by atoms with Gasteiger partial charge in [0.15, 0.2) is 12.4 Å². The molecule has 0 amide bonds. The van der Waals surface area contributed by atoms with Crippen LogP contribution in [0, 0.1) is 10.1 Å². The molecular weight excluding hydrogens is 572 g/mol. The average Bonchev–Trinajstić information content (AvgIpc) is 2.76. The lowest BCUT2D eigenvalue weighted by atomic mass is 10.1. The Morgan fingerprint density at radius 2 is 1.66 bits per heavy atom. The van der Waals surface area contributed by atoms with Crippen molar-refractivity contribution in [3.05, 3.63) is 89.8 Å². The minimum absolute atomic E-state index is 0.0761. The molecule has 0 radical (unpaired) electrons. The summed E-state index contributed by atoms with van der Waals surface area (Å²) < 4.78 is 11.6. The second-order valence-electron chi connectivity index (χ2n) is 6.32. The molecule has 3 aromatic rings. The lowest BCUT2D eigenvalue weighted by Gasteiger charge is -2.09. The smallest absolute Gasteiger partial charge is 0.338 e. The number of hydrogen-bond acceptors (Lipinski definition) is 7. The van der Waals surface area contributed by atoms with Crippen LogP contribution in [-0.2, 0) is 4.74 Å². The first kappa shape index (κ1) is 23.7. The SMILES string of the molecule is Nc1c(Br)cc(C(=O)OCC(=O)c2ccc(Oc3c(Cl)cccc3[N+](=O)[O-])cc2)cc1Br. The van der Waals surface area contributed by atoms with Crippen molar-refractivity contribution >= 4 is 66.6 Å². The number of rotatable bonds is 7. The molecule has 11 heteroatoms. The molecule has 0 aliphatic heterocycles. The van der Waals surface area contributed by atoms with Gasteiger partial charge in [0.05, 0.1) is 21.2 Å². The van der Waals surface area contributed by atoms with Gasteiger partial charge in [0.25, 0.3) is 0 Å². The van der Waals surface area contributed by atoms with Crippen LogP contribution < -0.4 is 10.5 Å². The number of ether oxygens (including phenoxy) is 2. The Labute approximate surface area is 203 Å². The molecule has 0 bridgehead atoms. The number of Topliss-reactive ketones (excluding diaryl/α,β-unsaturated/α-hetero) is 1. The molecule has 0 aliphatic carbocycles. The summed E-state index contributed by atoms with van der Waals surface area (Å²) in [5.74, 6) is -0.993. The number of nitrogens with two attached hydrogens (primary N) is 1. The molecule has 0 heterocycles. The summed E-state index contributed by atoms with van der Waals surface area (Å²) in [4.78, 5) is 35.2. The van der Waals surface area contributed by atoms with E-state index in [9.17, 15) is 19.7 Å². The highest BCUT2D eigenvalue weighted by Gasteiger charge is 2.19. The molecule has 0 fully saturated rings. The zero-order valence-corrected chi connectivity index (χ0v) is 19.9. The van der Waals surface area contributed by atoms with Crippen molar-refractivity contribution in [2.75, 3.05) is 12.3 Å². The molecule has 0 saturated heterocycles. The van der Waals surface area contributed by atoms with Gasteiger partial charge in [0, 0.05) is 20.6 Å². The molecular formula is C21H13Br2ClN2O6. The maximum atomic E-state index is 12.4. The molecule has 0 aromatic heterocycles. The van der Waals surface area contributed by atoms with Crippen LogP contribution in [-0.4, -0.2) is 23.3 Å². The fraction of sp³-hybridized carbons (Fsp3) is 0.0476. The zero-order chi connectivity index (χ0) is 23.4. The second-order valence-corrected chi connectivity index (χ2v) is 8.44. The third-order valence-electron chi connectivity index (χ3n) is 4.19. The number of carbonyl (C=O) groups excluding carboxylic acids is 2. The van der Waals surface area contributed by atoms with E-state index in [4.69, 9.17) is 26.8 Å². The highest BCUT2D eigenvalue weighted by molar-refractivity contribution is 9.11. The van der Waals surface area contributed by atoms with Crippen molar-refractivity contribution in [1.29, 1.82) is 0 Å². The van der Waals surface area contributed by atoms with E-state index in [0.717, 1.165) is 0 Å². The second kappa shape index (κ2) is 10.1. The van der Waals surface area contributed by atoms with Gasteiger partial charge in [0.2, 0.25) is 5.75 Å². The first-order valence-corrected chi connectivity index (χ1v) is 10.8. The van der Waals surface area contributed by atoms with Gasteiger partial charge >= 0.3 is 11.7 Å². The maximum Gasteiger partial charge on any atom is 0.338 e. The summed E-state index contributed by atoms with van der Waals surface area (Å²) >= 11 is 12.5. The normalized spacial score (nSPS) is 10.5. The van der Waals surface area contributed by atoms with E-state index in [1.165, 1.54) is 54.6 Å². The lowest BCUT2D eigenvalue weighted by Crippen LogP contribution is -2.14. The number of carbonyl (C=O) groups is 2. The summed E-state index contributed by atoms with van der Waals surface area (Å²) in [7, 11) is 0. The largest absolute Gasteiger partial charge is 0.454 e. The predicted molar refractivity (Wildman–Crippen MR) is 125 cm³/mol. The van der Waals surface area contributed by atoms with E-state index >= 15 is 0 Å². The summed E-state index contributed by atoms with van der Waals surface area (Å²) in [6.45, 7) is -0.478. The Hall–Kier alpha value is -2.95. The van der Waals surface area contributed by atoms with Crippen molar-refractivity contribution in [1.82, 2.24) is 0 Å². The standard InChI is InChI=1S/C21H13Br2ClN2O6/c22-14-8-12(9-15(23)19(14)25)21(28)31-10-18(27)11-4-6-13(7-5-11)32-20-16(24)2-1-3-17(20)26(29)30/h1-9H,10,25H2. The number of nitro groups is 1. The van der Waals surface area contributed by atoms with Crippen LogP contribution in [0.5, 0.6) is 11.5 Å². The maximum absolute atomic E-state index is 12.4. The molecule has 32 heavy (non-hydrogen) atoms. The summed E-state index contributed by atoms with van der Waals surface area (Å²) in [5, 5.41) is 11.2. The van der Waals surface area contributed by atoms with Gasteiger partial charge in [-0.25, -0.2) is 4.79 Å². The summed E-state index contributed by atoms with van der Waals surface area (Å²) in [6.07, 6.45) is 0. The predicted octanol–water partition coefficient (Wildman–Crippen LogP) is 6.19. The van der Waals surface area contributed by atoms with Gasteiger partial charge in [-0.2, -0.15) is 0 Å². The number of anilines is 1. The molecule has 164 valence electrons. The monoisotopic (exact) mass is 582 g/mol. The molecule has 0 spiro atoms. The van der Waals surface area contributed by atoms with E-state index in [0.29, 0.717) is 14.6 Å². The highest BCUT2D eigenvalue weighted by atomic mass is 79.9. The van der Waals surface area contributed by atoms with Gasteiger partial charge < -0.3 is 15.2 Å². The number of nitrogen functional groups attached to an aromatic ring is 1. The number of nitrogens with zero attached hydrogens (tertiary/aromatic N) is 1. The van der Waals surface area contributed by atoms with Crippen LogP contribution in [0.4, 0.5) is 11.4 Å². The molecule has 0 aliphatic rings. The average molecular weight is 585 g/mol. The Morgan fingerprint density at radius 1 is 1.03 bits per heavy atom. The fourth-order valence-electron chi connectivity index (χ4n) is 2.57. The summed E-state index contributed by atoms with van der Waals surface area (Å²) in [6, 6.07) is 13.0. The Balaban J connectivity index is 1.66. The zero-order valence-electron chi connectivity index (χ0n) is 16.0. The Kier molecular flexibility index (Phi) is 7.49. The van der Waals surface area contributed by atoms with Crippen LogP contribution in [0.25, 0.3) is 0 Å². The molecule has 0 unspecified atom stereocenters. The van der Waals surface area contributed by atoms with Crippen LogP contribution in [0.3, 0.4) is 0 Å². The van der Waals surface area contributed by atoms with Crippen molar-refractivity contribution < 1.29 is 24.0 Å². The van der Waals surface area contributed by atoms with Crippen LogP contribution in [0.1, 0.15) is 20.7 Å². The van der Waals surface area contributed by atoms with Crippen LogP contribution in [0.2, 0.25) is 5.02 Å². The van der Waals surface area contributed by atoms with E-state index in [1.807, 2.05) is 0 Å². The molecule has 3 aromatic carbocycles. The number of ketones is 1. The lowest BCUT2D eigenvalue weighted by molar-refractivity contribution is -0.385. The number of benzene rings is 3. The van der Waals surface area contributed by atoms with Crippen LogP contribution >= 0.6 is 43.5 Å². The van der Waals surface area contributed by atoms with E-state index in [2.05, 4.69) is 31.9 Å². The number of para-hydroxylation sites is 1. The van der Waals surface area contributed by atoms with Gasteiger partial charge in [-0.3, -0.25) is 14.9 Å². The van der Waals surface area contributed by atoms with E-state index < -0.39 is 23.3 Å². The van der Waals surface area contributed by atoms with Gasteiger partial charge in [-0.1, -0.05) is 17.7 Å². The molecule has 0 saturated carbocycles. The van der Waals surface area contributed by atoms with Crippen LogP contribution in [0.15, 0.2) is 63.5 Å². The molecule has 2 N–H and O–H groups in total. The van der Waals surface area contributed by atoms with Crippen molar-refractivity contribution in [2.24, 2.45) is 0 Å². The minimum Gasteiger partial charge on any atom is -0.454 e. The third kappa shape index (κ3) is 5.45. The first-order valence-electron chi connectivity index (χ1n) is 8.83. The fourth-order valence-corrected chi connectivity index (χ4v) is 3.96. The van der Waals surface area contributed by atoms with Crippen molar-refractivity contribution in [3.63, 3.8) is 0 Å². The number of nitro benzene ring substituents is 1. The van der Waals surface area contributed by atoms with Gasteiger partial charge in [0.1, 0.15) is 5.75 Å². The number of hydrogen-bond donors (Lipinski definition) is 1. The van der Waals surface area contributed by atoms with Crippen molar-refractivity contribution in [2.45, 2.75) is 0 Å². The highest BCUT2D eigenvalue weighted by Crippen LogP contribution is 2.37.